The Labute approximate surface area is 159 Å². The third-order valence-electron chi connectivity index (χ3n) is 4.52. The number of halogens is 2. The van der Waals surface area contributed by atoms with Gasteiger partial charge in [-0.2, -0.15) is 0 Å². The van der Waals surface area contributed by atoms with E-state index in [9.17, 15) is 9.59 Å². The zero-order valence-corrected chi connectivity index (χ0v) is 16.3. The van der Waals surface area contributed by atoms with Crippen LogP contribution >= 0.6 is 23.2 Å². The number of likely N-dealkylation sites (N-methyl/N-ethyl adjacent to an activating group) is 1. The molecule has 1 aliphatic rings. The molecule has 0 bridgehead atoms. The number of carbonyl (C=O) groups excluding carboxylic acids is 2. The predicted molar refractivity (Wildman–Crippen MR) is 101 cm³/mol. The summed E-state index contributed by atoms with van der Waals surface area (Å²) < 4.78 is 0. The summed E-state index contributed by atoms with van der Waals surface area (Å²) in [5, 5.41) is 0.823. The van der Waals surface area contributed by atoms with E-state index < -0.39 is 0 Å². The van der Waals surface area contributed by atoms with Crippen molar-refractivity contribution in [2.75, 3.05) is 45.8 Å². The molecule has 1 heterocycles. The second-order valence-electron chi connectivity index (χ2n) is 6.12. The quantitative estimate of drug-likeness (QED) is 0.782. The molecule has 0 saturated carbocycles. The van der Waals surface area contributed by atoms with Crippen LogP contribution in [0.4, 0.5) is 0 Å². The van der Waals surface area contributed by atoms with E-state index in [4.69, 9.17) is 23.2 Å². The highest BCUT2D eigenvalue weighted by Gasteiger charge is 2.22. The van der Waals surface area contributed by atoms with E-state index in [1.54, 1.807) is 18.2 Å². The molecule has 0 unspecified atom stereocenters. The van der Waals surface area contributed by atoms with E-state index in [2.05, 4.69) is 4.90 Å². The Bertz CT molecular complexity index is 620. The van der Waals surface area contributed by atoms with Gasteiger partial charge >= 0.3 is 0 Å². The van der Waals surface area contributed by atoms with Crippen LogP contribution in [0.5, 0.6) is 0 Å². The topological polar surface area (TPSA) is 43.9 Å². The molecule has 2 rings (SSSR count). The Morgan fingerprint density at radius 3 is 2.40 bits per heavy atom. The Kier molecular flexibility index (Phi) is 7.54. The number of carbonyl (C=O) groups is 2. The van der Waals surface area contributed by atoms with Gasteiger partial charge in [-0.25, -0.2) is 0 Å². The van der Waals surface area contributed by atoms with Crippen molar-refractivity contribution in [2.45, 2.75) is 20.3 Å². The number of nitrogens with zero attached hydrogens (tertiary/aromatic N) is 3. The van der Waals surface area contributed by atoms with Crippen LogP contribution in [0.1, 0.15) is 30.6 Å². The summed E-state index contributed by atoms with van der Waals surface area (Å²) in [6.07, 6.45) is 0.846. The molecular formula is C18H25Cl2N3O2. The monoisotopic (exact) mass is 385 g/mol. The molecule has 0 N–H and O–H groups in total. The first-order valence-electron chi connectivity index (χ1n) is 8.70. The van der Waals surface area contributed by atoms with Crippen molar-refractivity contribution in [3.05, 3.63) is 33.8 Å². The Morgan fingerprint density at radius 2 is 1.76 bits per heavy atom. The van der Waals surface area contributed by atoms with Gasteiger partial charge in [0.15, 0.2) is 0 Å². The molecule has 1 saturated heterocycles. The lowest BCUT2D eigenvalue weighted by Gasteiger charge is -2.25. The van der Waals surface area contributed by atoms with Gasteiger partial charge < -0.3 is 9.80 Å². The van der Waals surface area contributed by atoms with Crippen LogP contribution in [0.2, 0.25) is 10.0 Å². The zero-order valence-electron chi connectivity index (χ0n) is 14.8. The molecule has 138 valence electrons. The Hall–Kier alpha value is -1.30. The molecule has 0 spiro atoms. The molecule has 1 aliphatic heterocycles. The first-order valence-corrected chi connectivity index (χ1v) is 9.46. The maximum absolute atomic E-state index is 12.7. The number of hydrogen-bond donors (Lipinski definition) is 0. The highest BCUT2D eigenvalue weighted by molar-refractivity contribution is 6.42. The van der Waals surface area contributed by atoms with Gasteiger partial charge in [-0.05, 0) is 38.5 Å². The second-order valence-corrected chi connectivity index (χ2v) is 6.93. The van der Waals surface area contributed by atoms with E-state index >= 15 is 0 Å². The third kappa shape index (κ3) is 5.33. The molecule has 0 aliphatic carbocycles. The van der Waals surface area contributed by atoms with Gasteiger partial charge in [0.1, 0.15) is 0 Å². The molecule has 5 nitrogen and oxygen atoms in total. The molecule has 0 atom stereocenters. The maximum Gasteiger partial charge on any atom is 0.253 e. The highest BCUT2D eigenvalue weighted by atomic mass is 35.5. The SMILES string of the molecule is CCN(CC)C(=O)CN1CCCN(C(=O)c2ccc(Cl)c(Cl)c2)CC1. The summed E-state index contributed by atoms with van der Waals surface area (Å²) in [7, 11) is 0. The van der Waals surface area contributed by atoms with Crippen molar-refractivity contribution >= 4 is 35.0 Å². The van der Waals surface area contributed by atoms with E-state index in [0.29, 0.717) is 41.8 Å². The fourth-order valence-electron chi connectivity index (χ4n) is 3.01. The summed E-state index contributed by atoms with van der Waals surface area (Å²) in [5.74, 6) is 0.102. The molecule has 1 aromatic carbocycles. The van der Waals surface area contributed by atoms with Crippen molar-refractivity contribution in [2.24, 2.45) is 0 Å². The average Bonchev–Trinajstić information content (AvgIpc) is 2.83. The predicted octanol–water partition coefficient (Wildman–Crippen LogP) is 3.01. The minimum Gasteiger partial charge on any atom is -0.342 e. The number of amides is 2. The standard InChI is InChI=1S/C18H25Cl2N3O2/c1-3-22(4-2)17(24)13-21-8-5-9-23(11-10-21)18(25)14-6-7-15(19)16(20)12-14/h6-7,12H,3-5,8-11,13H2,1-2H3. The molecular weight excluding hydrogens is 361 g/mol. The molecule has 1 aromatic rings. The zero-order chi connectivity index (χ0) is 18.4. The average molecular weight is 386 g/mol. The van der Waals surface area contributed by atoms with Gasteiger partial charge in [0, 0.05) is 44.8 Å². The Balaban J connectivity index is 1.95. The van der Waals surface area contributed by atoms with Crippen LogP contribution in [0.3, 0.4) is 0 Å². The van der Waals surface area contributed by atoms with Crippen LogP contribution in [-0.4, -0.2) is 72.3 Å². The van der Waals surface area contributed by atoms with Crippen molar-refractivity contribution in [3.8, 4) is 0 Å². The highest BCUT2D eigenvalue weighted by Crippen LogP contribution is 2.23. The minimum atomic E-state index is -0.0458. The van der Waals surface area contributed by atoms with Crippen LogP contribution < -0.4 is 0 Å². The van der Waals surface area contributed by atoms with Gasteiger partial charge in [-0.15, -0.1) is 0 Å². The van der Waals surface area contributed by atoms with Crippen LogP contribution in [0, 0.1) is 0 Å². The fourth-order valence-corrected chi connectivity index (χ4v) is 3.31. The molecule has 2 amide bonds. The van der Waals surface area contributed by atoms with Crippen LogP contribution in [0.25, 0.3) is 0 Å². The van der Waals surface area contributed by atoms with Gasteiger partial charge in [0.05, 0.1) is 16.6 Å². The van der Waals surface area contributed by atoms with E-state index in [0.717, 1.165) is 26.1 Å². The summed E-state index contributed by atoms with van der Waals surface area (Å²) in [6.45, 7) is 8.63. The normalized spacial score (nSPS) is 15.8. The Morgan fingerprint density at radius 1 is 1.04 bits per heavy atom. The number of rotatable bonds is 5. The summed E-state index contributed by atoms with van der Waals surface area (Å²) in [5.41, 5.74) is 0.544. The van der Waals surface area contributed by atoms with Gasteiger partial charge in [0.2, 0.25) is 5.91 Å². The second kappa shape index (κ2) is 9.41. The first kappa shape index (κ1) is 20.0. The largest absolute Gasteiger partial charge is 0.342 e. The smallest absolute Gasteiger partial charge is 0.253 e. The molecule has 25 heavy (non-hydrogen) atoms. The lowest BCUT2D eigenvalue weighted by atomic mass is 10.2. The van der Waals surface area contributed by atoms with Gasteiger partial charge in [-0.3, -0.25) is 14.5 Å². The molecule has 1 fully saturated rings. The number of benzene rings is 1. The van der Waals surface area contributed by atoms with Crippen LogP contribution in [0.15, 0.2) is 18.2 Å². The number of hydrogen-bond acceptors (Lipinski definition) is 3. The van der Waals surface area contributed by atoms with E-state index in [-0.39, 0.29) is 11.8 Å². The fraction of sp³-hybridized carbons (Fsp3) is 0.556. The van der Waals surface area contributed by atoms with Crippen LogP contribution in [-0.2, 0) is 4.79 Å². The maximum atomic E-state index is 12.7. The van der Waals surface area contributed by atoms with Crippen molar-refractivity contribution in [1.29, 1.82) is 0 Å². The summed E-state index contributed by atoms with van der Waals surface area (Å²) in [6, 6.07) is 4.95. The summed E-state index contributed by atoms with van der Waals surface area (Å²) in [4.78, 5) is 30.7. The lowest BCUT2D eigenvalue weighted by molar-refractivity contribution is -0.132. The van der Waals surface area contributed by atoms with Gasteiger partial charge in [-0.1, -0.05) is 23.2 Å². The van der Waals surface area contributed by atoms with Crippen molar-refractivity contribution in [3.63, 3.8) is 0 Å². The van der Waals surface area contributed by atoms with Crippen molar-refractivity contribution < 1.29 is 9.59 Å². The third-order valence-corrected chi connectivity index (χ3v) is 5.26. The molecule has 7 heteroatoms. The van der Waals surface area contributed by atoms with Gasteiger partial charge in [0.25, 0.3) is 5.91 Å². The summed E-state index contributed by atoms with van der Waals surface area (Å²) >= 11 is 11.9. The molecule has 0 radical (unpaired) electrons. The lowest BCUT2D eigenvalue weighted by Crippen LogP contribution is -2.42. The minimum absolute atomic E-state index is 0.0458. The van der Waals surface area contributed by atoms with E-state index in [1.165, 1.54) is 0 Å². The van der Waals surface area contributed by atoms with Crippen molar-refractivity contribution in [1.82, 2.24) is 14.7 Å². The first-order chi connectivity index (χ1) is 12.0. The molecule has 0 aromatic heterocycles. The van der Waals surface area contributed by atoms with E-state index in [1.807, 2.05) is 23.6 Å².